The van der Waals surface area contributed by atoms with Gasteiger partial charge in [0.25, 0.3) is 5.91 Å². The van der Waals surface area contributed by atoms with Crippen molar-refractivity contribution in [3.63, 3.8) is 0 Å². The minimum atomic E-state index is 0.0620. The summed E-state index contributed by atoms with van der Waals surface area (Å²) in [6, 6.07) is 17.7. The van der Waals surface area contributed by atoms with Gasteiger partial charge in [0.15, 0.2) is 5.65 Å². The molecule has 2 aromatic heterocycles. The first-order valence-corrected chi connectivity index (χ1v) is 13.0. The number of amides is 1. The zero-order chi connectivity index (χ0) is 24.4. The second kappa shape index (κ2) is 10.2. The van der Waals surface area contributed by atoms with Crippen LogP contribution in [-0.2, 0) is 6.42 Å². The number of fused-ring (bicyclic) bond motifs is 1. The summed E-state index contributed by atoms with van der Waals surface area (Å²) in [4.78, 5) is 27.4. The number of carbonyl (C=O) groups excluding carboxylic acids is 1. The number of aryl methyl sites for hydroxylation is 2. The molecule has 2 aromatic carbocycles. The summed E-state index contributed by atoms with van der Waals surface area (Å²) in [5.74, 6) is 1.82. The van der Waals surface area contributed by atoms with Gasteiger partial charge in [0.2, 0.25) is 0 Å². The molecule has 0 N–H and O–H groups in total. The Kier molecular flexibility index (Phi) is 6.81. The molecule has 0 spiro atoms. The molecule has 7 nitrogen and oxygen atoms in total. The molecule has 0 unspecified atom stereocenters. The van der Waals surface area contributed by atoms with Crippen molar-refractivity contribution in [2.24, 2.45) is 0 Å². The van der Waals surface area contributed by atoms with E-state index in [0.717, 1.165) is 70.9 Å². The fourth-order valence-corrected chi connectivity index (χ4v) is 5.11. The standard InChI is InChI=1S/C27H29BrN6O/c1-3-10-23-29-25(24-19(2)31-34(26(24)30-23)20-11-5-4-6-12-20)32-15-9-16-33(18-17-32)27(35)21-13-7-8-14-22(21)28/h4-8,11-14H,3,9-10,15-18H2,1-2H3. The van der Waals surface area contributed by atoms with E-state index in [0.29, 0.717) is 18.7 Å². The molecule has 0 radical (unpaired) electrons. The number of para-hydroxylation sites is 1. The van der Waals surface area contributed by atoms with Crippen LogP contribution in [0.15, 0.2) is 59.1 Å². The molecule has 180 valence electrons. The van der Waals surface area contributed by atoms with Gasteiger partial charge in [0.05, 0.1) is 22.3 Å². The van der Waals surface area contributed by atoms with Crippen molar-refractivity contribution in [3.8, 4) is 5.69 Å². The number of benzene rings is 2. The highest BCUT2D eigenvalue weighted by Gasteiger charge is 2.26. The quantitative estimate of drug-likeness (QED) is 0.353. The molecule has 1 saturated heterocycles. The van der Waals surface area contributed by atoms with E-state index in [1.807, 2.05) is 71.1 Å². The Morgan fingerprint density at radius 3 is 2.51 bits per heavy atom. The largest absolute Gasteiger partial charge is 0.354 e. The first-order valence-electron chi connectivity index (χ1n) is 12.2. The Labute approximate surface area is 213 Å². The van der Waals surface area contributed by atoms with Gasteiger partial charge in [-0.1, -0.05) is 37.3 Å². The van der Waals surface area contributed by atoms with Crippen LogP contribution < -0.4 is 4.90 Å². The normalized spacial score (nSPS) is 14.4. The summed E-state index contributed by atoms with van der Waals surface area (Å²) < 4.78 is 2.76. The third kappa shape index (κ3) is 4.67. The maximum atomic E-state index is 13.2. The Hall–Kier alpha value is -3.26. The van der Waals surface area contributed by atoms with E-state index < -0.39 is 0 Å². The lowest BCUT2D eigenvalue weighted by Crippen LogP contribution is -2.35. The van der Waals surface area contributed by atoms with E-state index >= 15 is 0 Å². The minimum Gasteiger partial charge on any atom is -0.354 e. The van der Waals surface area contributed by atoms with Crippen LogP contribution in [0.5, 0.6) is 0 Å². The molecule has 8 heteroatoms. The maximum Gasteiger partial charge on any atom is 0.255 e. The van der Waals surface area contributed by atoms with Crippen molar-refractivity contribution < 1.29 is 4.79 Å². The Morgan fingerprint density at radius 2 is 1.74 bits per heavy atom. The number of anilines is 1. The first kappa shape index (κ1) is 23.5. The summed E-state index contributed by atoms with van der Waals surface area (Å²) in [6.07, 6.45) is 2.65. The molecule has 5 rings (SSSR count). The van der Waals surface area contributed by atoms with E-state index in [9.17, 15) is 4.79 Å². The second-order valence-corrected chi connectivity index (χ2v) is 9.71. The zero-order valence-electron chi connectivity index (χ0n) is 20.1. The van der Waals surface area contributed by atoms with E-state index in [4.69, 9.17) is 15.1 Å². The number of hydrogen-bond donors (Lipinski definition) is 0. The van der Waals surface area contributed by atoms with E-state index in [2.05, 4.69) is 27.8 Å². The smallest absolute Gasteiger partial charge is 0.255 e. The van der Waals surface area contributed by atoms with Crippen molar-refractivity contribution in [3.05, 3.63) is 76.2 Å². The van der Waals surface area contributed by atoms with Gasteiger partial charge in [-0.3, -0.25) is 4.79 Å². The third-order valence-electron chi connectivity index (χ3n) is 6.39. The highest BCUT2D eigenvalue weighted by atomic mass is 79.9. The molecule has 0 saturated carbocycles. The number of nitrogens with zero attached hydrogens (tertiary/aromatic N) is 6. The van der Waals surface area contributed by atoms with Crippen LogP contribution in [-0.4, -0.2) is 56.7 Å². The van der Waals surface area contributed by atoms with E-state index in [-0.39, 0.29) is 5.91 Å². The molecule has 0 bridgehead atoms. The number of rotatable bonds is 5. The fourth-order valence-electron chi connectivity index (χ4n) is 4.66. The lowest BCUT2D eigenvalue weighted by atomic mass is 10.2. The van der Waals surface area contributed by atoms with E-state index in [1.54, 1.807) is 0 Å². The summed E-state index contributed by atoms with van der Waals surface area (Å²) in [5.41, 5.74) is 3.44. The minimum absolute atomic E-state index is 0.0620. The average molecular weight is 533 g/mol. The molecule has 3 heterocycles. The van der Waals surface area contributed by atoms with Gasteiger partial charge in [0, 0.05) is 37.1 Å². The second-order valence-electron chi connectivity index (χ2n) is 8.86. The summed E-state index contributed by atoms with van der Waals surface area (Å²) in [7, 11) is 0. The van der Waals surface area contributed by atoms with Crippen LogP contribution in [0.25, 0.3) is 16.7 Å². The number of carbonyl (C=O) groups is 1. The Morgan fingerprint density at radius 1 is 0.971 bits per heavy atom. The van der Waals surface area contributed by atoms with Crippen molar-refractivity contribution in [2.75, 3.05) is 31.1 Å². The van der Waals surface area contributed by atoms with Gasteiger partial charge in [-0.25, -0.2) is 14.6 Å². The lowest BCUT2D eigenvalue weighted by molar-refractivity contribution is 0.0766. The predicted molar refractivity (Wildman–Crippen MR) is 142 cm³/mol. The fraction of sp³-hybridized carbons (Fsp3) is 0.333. The van der Waals surface area contributed by atoms with Crippen LogP contribution in [0.2, 0.25) is 0 Å². The van der Waals surface area contributed by atoms with Gasteiger partial charge in [-0.2, -0.15) is 5.10 Å². The molecular weight excluding hydrogens is 504 g/mol. The van der Waals surface area contributed by atoms with Gasteiger partial charge >= 0.3 is 0 Å². The van der Waals surface area contributed by atoms with Crippen LogP contribution in [0.1, 0.15) is 41.6 Å². The summed E-state index contributed by atoms with van der Waals surface area (Å²) >= 11 is 3.53. The summed E-state index contributed by atoms with van der Waals surface area (Å²) in [6.45, 7) is 7.06. The molecule has 1 aliphatic heterocycles. The molecule has 4 aromatic rings. The highest BCUT2D eigenvalue weighted by molar-refractivity contribution is 9.10. The number of halogens is 1. The van der Waals surface area contributed by atoms with Crippen molar-refractivity contribution in [1.29, 1.82) is 0 Å². The lowest BCUT2D eigenvalue weighted by Gasteiger charge is -2.24. The number of aromatic nitrogens is 4. The molecule has 1 fully saturated rings. The number of hydrogen-bond acceptors (Lipinski definition) is 5. The Balaban J connectivity index is 1.50. The van der Waals surface area contributed by atoms with Gasteiger partial charge in [-0.05, 0) is 60.0 Å². The SMILES string of the molecule is CCCc1nc(N2CCCN(C(=O)c3ccccc3Br)CC2)c2c(C)nn(-c3ccccc3)c2n1. The molecule has 35 heavy (non-hydrogen) atoms. The molecule has 1 aliphatic rings. The molecular formula is C27H29BrN6O. The van der Waals surface area contributed by atoms with Crippen LogP contribution in [0, 0.1) is 6.92 Å². The van der Waals surface area contributed by atoms with Crippen molar-refractivity contribution in [2.45, 2.75) is 33.1 Å². The predicted octanol–water partition coefficient (Wildman–Crippen LogP) is 5.19. The first-order chi connectivity index (χ1) is 17.1. The van der Waals surface area contributed by atoms with Crippen LogP contribution in [0.4, 0.5) is 5.82 Å². The van der Waals surface area contributed by atoms with Gasteiger partial charge in [-0.15, -0.1) is 0 Å². The zero-order valence-corrected chi connectivity index (χ0v) is 21.7. The van der Waals surface area contributed by atoms with Crippen LogP contribution >= 0.6 is 15.9 Å². The maximum absolute atomic E-state index is 13.2. The Bertz CT molecular complexity index is 1350. The molecule has 0 atom stereocenters. The third-order valence-corrected chi connectivity index (χ3v) is 7.08. The van der Waals surface area contributed by atoms with Crippen LogP contribution in [0.3, 0.4) is 0 Å². The highest BCUT2D eigenvalue weighted by Crippen LogP contribution is 2.30. The topological polar surface area (TPSA) is 67.2 Å². The average Bonchev–Trinajstić information content (AvgIpc) is 3.04. The van der Waals surface area contributed by atoms with Gasteiger partial charge in [0.1, 0.15) is 11.6 Å². The summed E-state index contributed by atoms with van der Waals surface area (Å²) in [5, 5.41) is 5.84. The molecule has 0 aliphatic carbocycles. The molecule has 1 amide bonds. The monoisotopic (exact) mass is 532 g/mol. The van der Waals surface area contributed by atoms with Crippen molar-refractivity contribution >= 4 is 38.7 Å². The van der Waals surface area contributed by atoms with Gasteiger partial charge < -0.3 is 9.80 Å². The van der Waals surface area contributed by atoms with Crippen molar-refractivity contribution in [1.82, 2.24) is 24.6 Å². The van der Waals surface area contributed by atoms with E-state index in [1.165, 1.54) is 0 Å².